The van der Waals surface area contributed by atoms with Crippen molar-refractivity contribution in [2.45, 2.75) is 72.3 Å². The Balaban J connectivity index is 2.99. The number of hydrogen-bond donors (Lipinski definition) is 0. The van der Waals surface area contributed by atoms with Crippen LogP contribution in [-0.4, -0.2) is 15.0 Å². The van der Waals surface area contributed by atoms with Crippen molar-refractivity contribution in [2.24, 2.45) is 0 Å². The molecule has 3 heteroatoms. The Morgan fingerprint density at radius 2 is 1.81 bits per heavy atom. The maximum Gasteiger partial charge on any atom is 0.0912 e. The number of aryl methyl sites for hydroxylation is 1. The fraction of sp³-hybridized carbons (Fsp3) is 0.846. The lowest BCUT2D eigenvalue weighted by atomic mass is 9.89. The highest BCUT2D eigenvalue weighted by Gasteiger charge is 2.23. The van der Waals surface area contributed by atoms with E-state index >= 15 is 0 Å². The van der Waals surface area contributed by atoms with E-state index < -0.39 is 0 Å². The molecule has 0 radical (unpaired) electrons. The Morgan fingerprint density at radius 3 is 2.31 bits per heavy atom. The fourth-order valence-corrected chi connectivity index (χ4v) is 1.90. The second-order valence-corrected chi connectivity index (χ2v) is 5.46. The number of unbranched alkanes of at least 4 members (excludes halogenated alkanes) is 1. The van der Waals surface area contributed by atoms with Crippen molar-refractivity contribution in [1.82, 2.24) is 15.0 Å². The van der Waals surface area contributed by atoms with E-state index in [9.17, 15) is 0 Å². The molecule has 0 fully saturated rings. The van der Waals surface area contributed by atoms with Crippen LogP contribution in [0.25, 0.3) is 0 Å². The van der Waals surface area contributed by atoms with Gasteiger partial charge in [0.25, 0.3) is 0 Å². The van der Waals surface area contributed by atoms with Crippen LogP contribution in [0.2, 0.25) is 0 Å². The third-order valence-electron chi connectivity index (χ3n) is 2.75. The molecule has 0 aliphatic heterocycles. The van der Waals surface area contributed by atoms with E-state index in [0.29, 0.717) is 0 Å². The third-order valence-corrected chi connectivity index (χ3v) is 2.75. The van der Waals surface area contributed by atoms with Crippen LogP contribution in [0.3, 0.4) is 0 Å². The first-order chi connectivity index (χ1) is 7.50. The topological polar surface area (TPSA) is 30.7 Å². The summed E-state index contributed by atoms with van der Waals surface area (Å²) < 4.78 is 2.09. The lowest BCUT2D eigenvalue weighted by Crippen LogP contribution is -2.16. The number of rotatable bonds is 5. The normalized spacial score (nSPS) is 12.1. The van der Waals surface area contributed by atoms with Gasteiger partial charge in [0.15, 0.2) is 0 Å². The maximum atomic E-state index is 4.37. The van der Waals surface area contributed by atoms with E-state index in [0.717, 1.165) is 19.4 Å². The molecule has 1 aromatic rings. The van der Waals surface area contributed by atoms with E-state index in [-0.39, 0.29) is 5.41 Å². The van der Waals surface area contributed by atoms with Crippen LogP contribution in [0.15, 0.2) is 0 Å². The lowest BCUT2D eigenvalue weighted by molar-refractivity contribution is 0.542. The molecule has 0 amide bonds. The smallest absolute Gasteiger partial charge is 0.0912 e. The van der Waals surface area contributed by atoms with Gasteiger partial charge in [0, 0.05) is 12.0 Å². The van der Waals surface area contributed by atoms with E-state index in [4.69, 9.17) is 0 Å². The van der Waals surface area contributed by atoms with E-state index in [2.05, 4.69) is 49.6 Å². The van der Waals surface area contributed by atoms with Crippen LogP contribution in [0.5, 0.6) is 0 Å². The zero-order valence-electron chi connectivity index (χ0n) is 11.4. The van der Waals surface area contributed by atoms with Gasteiger partial charge >= 0.3 is 0 Å². The van der Waals surface area contributed by atoms with Gasteiger partial charge < -0.3 is 0 Å². The zero-order chi connectivity index (χ0) is 12.2. The summed E-state index contributed by atoms with van der Waals surface area (Å²) in [5, 5.41) is 8.66. The lowest BCUT2D eigenvalue weighted by Gasteiger charge is -2.17. The standard InChI is InChI=1S/C13H25N3/c1-6-8-9-11-12(13(3,4)5)14-15-16(11)10-7-2/h6-10H2,1-5H3. The molecule has 0 saturated heterocycles. The Hall–Kier alpha value is -0.860. The molecule has 92 valence electrons. The van der Waals surface area contributed by atoms with Gasteiger partial charge in [0.2, 0.25) is 0 Å². The largest absolute Gasteiger partial charge is 0.249 e. The van der Waals surface area contributed by atoms with Gasteiger partial charge in [0.05, 0.1) is 11.4 Å². The zero-order valence-corrected chi connectivity index (χ0v) is 11.4. The van der Waals surface area contributed by atoms with Crippen molar-refractivity contribution in [1.29, 1.82) is 0 Å². The van der Waals surface area contributed by atoms with Crippen LogP contribution < -0.4 is 0 Å². The van der Waals surface area contributed by atoms with Crippen molar-refractivity contribution in [3.8, 4) is 0 Å². The summed E-state index contributed by atoms with van der Waals surface area (Å²) in [5.41, 5.74) is 2.63. The van der Waals surface area contributed by atoms with Crippen LogP contribution in [0.4, 0.5) is 0 Å². The average Bonchev–Trinajstić information content (AvgIpc) is 2.58. The molecule has 0 atom stereocenters. The summed E-state index contributed by atoms with van der Waals surface area (Å²) >= 11 is 0. The third kappa shape index (κ3) is 3.06. The highest BCUT2D eigenvalue weighted by atomic mass is 15.4. The Kier molecular flexibility index (Phi) is 4.51. The molecule has 0 bridgehead atoms. The van der Waals surface area contributed by atoms with Gasteiger partial charge in [-0.05, 0) is 19.3 Å². The molecule has 0 aliphatic rings. The molecule has 1 rings (SSSR count). The second kappa shape index (κ2) is 5.46. The molecule has 0 spiro atoms. The number of nitrogens with zero attached hydrogens (tertiary/aromatic N) is 3. The van der Waals surface area contributed by atoms with E-state index in [1.165, 1.54) is 24.2 Å². The first-order valence-corrected chi connectivity index (χ1v) is 6.43. The van der Waals surface area contributed by atoms with Crippen LogP contribution in [0.1, 0.15) is 65.3 Å². The molecule has 0 aliphatic carbocycles. The summed E-state index contributed by atoms with van der Waals surface area (Å²) in [6, 6.07) is 0. The summed E-state index contributed by atoms with van der Waals surface area (Å²) in [4.78, 5) is 0. The monoisotopic (exact) mass is 223 g/mol. The highest BCUT2D eigenvalue weighted by Crippen LogP contribution is 2.24. The van der Waals surface area contributed by atoms with E-state index in [1.807, 2.05) is 0 Å². The van der Waals surface area contributed by atoms with Crippen molar-refractivity contribution in [3.63, 3.8) is 0 Å². The molecule has 0 saturated carbocycles. The predicted octanol–water partition coefficient (Wildman–Crippen LogP) is 3.33. The SMILES string of the molecule is CCCCc1c(C(C)(C)C)nnn1CCC. The van der Waals surface area contributed by atoms with Gasteiger partial charge in [0.1, 0.15) is 0 Å². The minimum absolute atomic E-state index is 0.106. The molecule has 0 aromatic carbocycles. The number of aromatic nitrogens is 3. The highest BCUT2D eigenvalue weighted by molar-refractivity contribution is 5.19. The van der Waals surface area contributed by atoms with Gasteiger partial charge in [-0.15, -0.1) is 5.10 Å². The molecule has 1 aromatic heterocycles. The molecule has 1 heterocycles. The Labute approximate surface area is 99.2 Å². The van der Waals surface area contributed by atoms with Crippen LogP contribution in [0, 0.1) is 0 Å². The van der Waals surface area contributed by atoms with Crippen molar-refractivity contribution in [2.75, 3.05) is 0 Å². The Bertz CT molecular complexity index is 320. The molecule has 16 heavy (non-hydrogen) atoms. The average molecular weight is 223 g/mol. The molecule has 0 unspecified atom stereocenters. The molecular weight excluding hydrogens is 198 g/mol. The van der Waals surface area contributed by atoms with Crippen LogP contribution in [-0.2, 0) is 18.4 Å². The summed E-state index contributed by atoms with van der Waals surface area (Å²) in [6.07, 6.45) is 4.67. The molecule has 3 nitrogen and oxygen atoms in total. The summed E-state index contributed by atoms with van der Waals surface area (Å²) in [5.74, 6) is 0. The van der Waals surface area contributed by atoms with Gasteiger partial charge in [-0.1, -0.05) is 46.3 Å². The molecule has 0 N–H and O–H groups in total. The van der Waals surface area contributed by atoms with E-state index in [1.54, 1.807) is 0 Å². The maximum absolute atomic E-state index is 4.37. The van der Waals surface area contributed by atoms with Crippen molar-refractivity contribution >= 4 is 0 Å². The van der Waals surface area contributed by atoms with Gasteiger partial charge in [-0.25, -0.2) is 4.68 Å². The quantitative estimate of drug-likeness (QED) is 0.766. The minimum atomic E-state index is 0.106. The minimum Gasteiger partial charge on any atom is -0.249 e. The van der Waals surface area contributed by atoms with Crippen molar-refractivity contribution < 1.29 is 0 Å². The first-order valence-electron chi connectivity index (χ1n) is 6.43. The molecular formula is C13H25N3. The van der Waals surface area contributed by atoms with Gasteiger partial charge in [-0.3, -0.25) is 0 Å². The number of hydrogen-bond acceptors (Lipinski definition) is 2. The summed E-state index contributed by atoms with van der Waals surface area (Å²) in [6.45, 7) is 12.0. The Morgan fingerprint density at radius 1 is 1.12 bits per heavy atom. The predicted molar refractivity (Wildman–Crippen MR) is 67.6 cm³/mol. The van der Waals surface area contributed by atoms with Crippen molar-refractivity contribution in [3.05, 3.63) is 11.4 Å². The first kappa shape index (κ1) is 13.2. The summed E-state index contributed by atoms with van der Waals surface area (Å²) in [7, 11) is 0. The second-order valence-electron chi connectivity index (χ2n) is 5.46. The van der Waals surface area contributed by atoms with Crippen LogP contribution >= 0.6 is 0 Å². The van der Waals surface area contributed by atoms with Gasteiger partial charge in [-0.2, -0.15) is 0 Å². The fourth-order valence-electron chi connectivity index (χ4n) is 1.90.